The first-order valence-corrected chi connectivity index (χ1v) is 10.2. The Kier molecular flexibility index (Phi) is 7.28. The van der Waals surface area contributed by atoms with Crippen LogP contribution in [-0.2, 0) is 15.9 Å². The third kappa shape index (κ3) is 5.18. The molecule has 26 heavy (non-hydrogen) atoms. The fourth-order valence-corrected chi connectivity index (χ4v) is 3.47. The Morgan fingerprint density at radius 2 is 1.42 bits per heavy atom. The standard InChI is InChI=1S/C24H32O2/c1-3-5-7-19-9-11-20(12-10-19)21-13-15-22(16-14-21)24-18-25-23(17-26-24)8-6-4-2/h9-16,23-24H,3-8,17-18H2,1-2H3/t23-,24-/m0/s1. The van der Waals surface area contributed by atoms with Gasteiger partial charge in [0.05, 0.1) is 19.3 Å². The van der Waals surface area contributed by atoms with Crippen LogP contribution in [0.15, 0.2) is 48.5 Å². The Hall–Kier alpha value is -1.64. The van der Waals surface area contributed by atoms with Gasteiger partial charge in [0, 0.05) is 0 Å². The SMILES string of the molecule is CCCCc1ccc(-c2ccc([C@@H]3CO[C@@H](CCCC)CO3)cc2)cc1. The minimum atomic E-state index is 0.0679. The Morgan fingerprint density at radius 3 is 2.00 bits per heavy atom. The van der Waals surface area contributed by atoms with Crippen molar-refractivity contribution in [3.63, 3.8) is 0 Å². The summed E-state index contributed by atoms with van der Waals surface area (Å²) in [6, 6.07) is 17.7. The van der Waals surface area contributed by atoms with Crippen molar-refractivity contribution in [1.82, 2.24) is 0 Å². The van der Waals surface area contributed by atoms with Crippen LogP contribution in [0.25, 0.3) is 11.1 Å². The highest BCUT2D eigenvalue weighted by Crippen LogP contribution is 2.27. The van der Waals surface area contributed by atoms with Crippen LogP contribution in [0.2, 0.25) is 0 Å². The third-order valence-corrected chi connectivity index (χ3v) is 5.23. The molecule has 2 aromatic carbocycles. The van der Waals surface area contributed by atoms with Crippen LogP contribution in [-0.4, -0.2) is 19.3 Å². The molecule has 1 saturated heterocycles. The average Bonchev–Trinajstić information content (AvgIpc) is 2.72. The number of rotatable bonds is 8. The summed E-state index contributed by atoms with van der Waals surface area (Å²) in [5.74, 6) is 0. The van der Waals surface area contributed by atoms with E-state index in [9.17, 15) is 0 Å². The second kappa shape index (κ2) is 9.89. The van der Waals surface area contributed by atoms with Gasteiger partial charge in [-0.2, -0.15) is 0 Å². The van der Waals surface area contributed by atoms with Crippen molar-refractivity contribution >= 4 is 0 Å². The number of hydrogen-bond acceptors (Lipinski definition) is 2. The molecule has 3 rings (SSSR count). The molecule has 0 aromatic heterocycles. The van der Waals surface area contributed by atoms with Crippen molar-refractivity contribution < 1.29 is 9.47 Å². The van der Waals surface area contributed by atoms with Crippen LogP contribution < -0.4 is 0 Å². The van der Waals surface area contributed by atoms with Crippen molar-refractivity contribution in [2.75, 3.05) is 13.2 Å². The first-order valence-electron chi connectivity index (χ1n) is 10.2. The summed E-state index contributed by atoms with van der Waals surface area (Å²) in [6.45, 7) is 5.83. The summed E-state index contributed by atoms with van der Waals surface area (Å²) < 4.78 is 12.0. The molecular formula is C24H32O2. The molecular weight excluding hydrogens is 320 g/mol. The highest BCUT2D eigenvalue weighted by atomic mass is 16.6. The second-order valence-corrected chi connectivity index (χ2v) is 7.34. The Bertz CT molecular complexity index is 637. The minimum absolute atomic E-state index is 0.0679. The largest absolute Gasteiger partial charge is 0.373 e. The van der Waals surface area contributed by atoms with Crippen LogP contribution in [0.1, 0.15) is 63.2 Å². The molecule has 0 aliphatic carbocycles. The van der Waals surface area contributed by atoms with Crippen LogP contribution >= 0.6 is 0 Å². The lowest BCUT2D eigenvalue weighted by Gasteiger charge is -2.30. The summed E-state index contributed by atoms with van der Waals surface area (Å²) in [5.41, 5.74) is 5.17. The van der Waals surface area contributed by atoms with E-state index in [4.69, 9.17) is 9.47 Å². The van der Waals surface area contributed by atoms with Gasteiger partial charge in [0.2, 0.25) is 0 Å². The first-order chi connectivity index (χ1) is 12.8. The fourth-order valence-electron chi connectivity index (χ4n) is 3.47. The Balaban J connectivity index is 1.57. The predicted molar refractivity (Wildman–Crippen MR) is 108 cm³/mol. The number of hydrogen-bond donors (Lipinski definition) is 0. The minimum Gasteiger partial charge on any atom is -0.373 e. The van der Waals surface area contributed by atoms with Crippen molar-refractivity contribution in [3.8, 4) is 11.1 Å². The van der Waals surface area contributed by atoms with Crippen molar-refractivity contribution in [2.45, 2.75) is 64.6 Å². The van der Waals surface area contributed by atoms with E-state index in [0.717, 1.165) is 6.42 Å². The van der Waals surface area contributed by atoms with E-state index in [0.29, 0.717) is 13.2 Å². The van der Waals surface area contributed by atoms with Crippen molar-refractivity contribution in [2.24, 2.45) is 0 Å². The number of ether oxygens (including phenoxy) is 2. The number of unbranched alkanes of at least 4 members (excludes halogenated alkanes) is 2. The summed E-state index contributed by atoms with van der Waals surface area (Å²) in [5, 5.41) is 0. The summed E-state index contributed by atoms with van der Waals surface area (Å²) >= 11 is 0. The normalized spacial score (nSPS) is 20.2. The zero-order valence-electron chi connectivity index (χ0n) is 16.2. The third-order valence-electron chi connectivity index (χ3n) is 5.23. The highest BCUT2D eigenvalue weighted by molar-refractivity contribution is 5.64. The first kappa shape index (κ1) is 19.1. The smallest absolute Gasteiger partial charge is 0.106 e. The van der Waals surface area contributed by atoms with E-state index in [1.54, 1.807) is 0 Å². The quantitative estimate of drug-likeness (QED) is 0.551. The summed E-state index contributed by atoms with van der Waals surface area (Å²) in [4.78, 5) is 0. The molecule has 0 N–H and O–H groups in total. The zero-order valence-corrected chi connectivity index (χ0v) is 16.2. The van der Waals surface area contributed by atoms with Gasteiger partial charge in [-0.3, -0.25) is 0 Å². The topological polar surface area (TPSA) is 18.5 Å². The number of benzene rings is 2. The van der Waals surface area contributed by atoms with Crippen LogP contribution in [0.3, 0.4) is 0 Å². The van der Waals surface area contributed by atoms with Gasteiger partial charge in [-0.25, -0.2) is 0 Å². The van der Waals surface area contributed by atoms with E-state index >= 15 is 0 Å². The summed E-state index contributed by atoms with van der Waals surface area (Å²) in [6.07, 6.45) is 7.56. The van der Waals surface area contributed by atoms with Crippen molar-refractivity contribution in [3.05, 3.63) is 59.7 Å². The molecule has 0 saturated carbocycles. The van der Waals surface area contributed by atoms with Gasteiger partial charge < -0.3 is 9.47 Å². The monoisotopic (exact) mass is 352 g/mol. The molecule has 2 atom stereocenters. The number of aryl methyl sites for hydroxylation is 1. The van der Waals surface area contributed by atoms with Gasteiger partial charge in [-0.05, 0) is 41.5 Å². The van der Waals surface area contributed by atoms with Gasteiger partial charge in [-0.15, -0.1) is 0 Å². The molecule has 0 unspecified atom stereocenters. The summed E-state index contributed by atoms with van der Waals surface area (Å²) in [7, 11) is 0. The molecule has 2 heteroatoms. The lowest BCUT2D eigenvalue weighted by Crippen LogP contribution is -2.31. The molecule has 2 nitrogen and oxygen atoms in total. The molecule has 0 spiro atoms. The second-order valence-electron chi connectivity index (χ2n) is 7.34. The van der Waals surface area contributed by atoms with Gasteiger partial charge in [0.1, 0.15) is 6.10 Å². The predicted octanol–water partition coefficient (Wildman–Crippen LogP) is 6.34. The molecule has 140 valence electrons. The lowest BCUT2D eigenvalue weighted by molar-refractivity contribution is -0.137. The molecule has 1 aliphatic rings. The molecule has 1 heterocycles. The van der Waals surface area contributed by atoms with E-state index in [2.05, 4.69) is 62.4 Å². The maximum atomic E-state index is 6.05. The average molecular weight is 353 g/mol. The van der Waals surface area contributed by atoms with E-state index in [1.165, 1.54) is 54.4 Å². The molecule has 1 aliphatic heterocycles. The Morgan fingerprint density at radius 1 is 0.769 bits per heavy atom. The maximum absolute atomic E-state index is 6.05. The fraction of sp³-hybridized carbons (Fsp3) is 0.500. The van der Waals surface area contributed by atoms with Gasteiger partial charge in [-0.1, -0.05) is 81.6 Å². The van der Waals surface area contributed by atoms with Crippen molar-refractivity contribution in [1.29, 1.82) is 0 Å². The molecule has 1 fully saturated rings. The lowest BCUT2D eigenvalue weighted by atomic mass is 9.99. The molecule has 2 aromatic rings. The molecule has 0 radical (unpaired) electrons. The van der Waals surface area contributed by atoms with Gasteiger partial charge in [0.25, 0.3) is 0 Å². The molecule has 0 bridgehead atoms. The van der Waals surface area contributed by atoms with Crippen LogP contribution in [0.4, 0.5) is 0 Å². The van der Waals surface area contributed by atoms with Crippen LogP contribution in [0.5, 0.6) is 0 Å². The zero-order chi connectivity index (χ0) is 18.2. The van der Waals surface area contributed by atoms with E-state index in [1.807, 2.05) is 0 Å². The highest BCUT2D eigenvalue weighted by Gasteiger charge is 2.23. The van der Waals surface area contributed by atoms with Gasteiger partial charge in [0.15, 0.2) is 0 Å². The van der Waals surface area contributed by atoms with Crippen LogP contribution in [0, 0.1) is 0 Å². The molecule has 0 amide bonds. The van der Waals surface area contributed by atoms with E-state index < -0.39 is 0 Å². The maximum Gasteiger partial charge on any atom is 0.106 e. The Labute approximate surface area is 158 Å². The van der Waals surface area contributed by atoms with Gasteiger partial charge >= 0.3 is 0 Å². The van der Waals surface area contributed by atoms with E-state index in [-0.39, 0.29) is 12.2 Å².